The molecule has 0 saturated heterocycles. The van der Waals surface area contributed by atoms with Crippen LogP contribution in [0, 0.1) is 11.5 Å². The molecule has 0 aliphatic rings. The zero-order valence-corrected chi connectivity index (χ0v) is 1.97. The molecule has 0 heterocycles. The minimum atomic E-state index is 1.33. The minimum Gasteiger partial charge on any atom is -0.180 e. The number of aliphatic imine (C=N–C) groups is 1. The van der Waals surface area contributed by atoms with Crippen LogP contribution in [0.1, 0.15) is 0 Å². The molecule has 0 N–H and O–H groups in total. The van der Waals surface area contributed by atoms with Gasteiger partial charge in [0.2, 0.25) is 6.19 Å². The Bertz CT molecular complexity index is 49.5. The van der Waals surface area contributed by atoms with E-state index in [2.05, 4.69) is 11.7 Å². The van der Waals surface area contributed by atoms with Crippen molar-refractivity contribution in [1.82, 2.24) is 0 Å². The Morgan fingerprint density at radius 1 is 2.00 bits per heavy atom. The van der Waals surface area contributed by atoms with Crippen molar-refractivity contribution in [3.63, 3.8) is 0 Å². The first-order valence-corrected chi connectivity index (χ1v) is 0.705. The second-order valence-electron chi connectivity index (χ2n) is 0.229. The quantitative estimate of drug-likeness (QED) is 0.283. The van der Waals surface area contributed by atoms with Gasteiger partial charge in [0.25, 0.3) is 0 Å². The topological polar surface area (TPSA) is 36.1 Å². The van der Waals surface area contributed by atoms with Crippen molar-refractivity contribution in [3.8, 4) is 6.19 Å². The zero-order valence-electron chi connectivity index (χ0n) is 1.97. The van der Waals surface area contributed by atoms with Gasteiger partial charge in [-0.15, -0.1) is 0 Å². The highest BCUT2D eigenvalue weighted by molar-refractivity contribution is 5.25. The van der Waals surface area contributed by atoms with Crippen LogP contribution in [0.4, 0.5) is 0 Å². The molecule has 0 saturated carbocycles. The highest BCUT2D eigenvalue weighted by Crippen LogP contribution is 1.37. The Morgan fingerprint density at radius 3 is 2.25 bits per heavy atom. The normalized spacial score (nSPS) is 3.75. The fourth-order valence-corrected chi connectivity index (χ4v) is 0. The van der Waals surface area contributed by atoms with Crippen LogP contribution in [-0.4, -0.2) is 6.72 Å². The van der Waals surface area contributed by atoms with Gasteiger partial charge >= 0.3 is 0 Å². The Morgan fingerprint density at radius 2 is 2.25 bits per heavy atom. The van der Waals surface area contributed by atoms with E-state index in [0.29, 0.717) is 0 Å². The van der Waals surface area contributed by atoms with E-state index in [4.69, 9.17) is 5.26 Å². The average molecular weight is 53.0 g/mol. The molecule has 19 valence electrons. The third-order valence-corrected chi connectivity index (χ3v) is 0.0577. The Kier molecular flexibility index (Phi) is 1.71. The fourth-order valence-electron chi connectivity index (χ4n) is 0. The van der Waals surface area contributed by atoms with Crippen LogP contribution in [0.25, 0.3) is 0 Å². The molecule has 0 unspecified atom stereocenters. The molecule has 0 amide bonds. The summed E-state index contributed by atoms with van der Waals surface area (Å²) in [6, 6.07) is 0. The van der Waals surface area contributed by atoms with Gasteiger partial charge in [-0.05, 0) is 0 Å². The molecule has 0 aliphatic heterocycles. The molecule has 0 aromatic rings. The number of hydrogen-bond acceptors (Lipinski definition) is 2. The molecule has 4 heavy (non-hydrogen) atoms. The smallest absolute Gasteiger partial charge is 0.180 e. The highest BCUT2D eigenvalue weighted by atomic mass is 14.7. The zero-order chi connectivity index (χ0) is 3.41. The van der Waals surface area contributed by atoms with Crippen LogP contribution < -0.4 is 0 Å². The van der Waals surface area contributed by atoms with Gasteiger partial charge in [-0.2, -0.15) is 10.3 Å². The van der Waals surface area contributed by atoms with E-state index in [1.54, 1.807) is 0 Å². The van der Waals surface area contributed by atoms with Gasteiger partial charge in [-0.1, -0.05) is 0 Å². The summed E-state index contributed by atoms with van der Waals surface area (Å²) in [7, 11) is 0. The summed E-state index contributed by atoms with van der Waals surface area (Å²) in [6.45, 7) is 4.29. The summed E-state index contributed by atoms with van der Waals surface area (Å²) in [6.07, 6.45) is 1.33. The third kappa shape index (κ3) is 1.16. The maximum atomic E-state index is 7.33. The number of nitriles is 1. The molecule has 0 atom stereocenters. The Hall–Kier alpha value is -0.840. The number of hydrogen-bond donors (Lipinski definition) is 0. The molecular weight excluding hydrogens is 52.0 g/mol. The van der Waals surface area contributed by atoms with Crippen molar-refractivity contribution in [2.24, 2.45) is 4.99 Å². The van der Waals surface area contributed by atoms with Gasteiger partial charge in [0.1, 0.15) is 0 Å². The first-order chi connectivity index (χ1) is 1.91. The predicted octanol–water partition coefficient (Wildman–Crippen LogP) is 0.0451. The number of rotatable bonds is 0. The van der Waals surface area contributed by atoms with Gasteiger partial charge in [0.05, 0.1) is 6.72 Å². The molecule has 0 spiro atoms. The lowest BCUT2D eigenvalue weighted by Gasteiger charge is -1.34. The summed E-state index contributed by atoms with van der Waals surface area (Å²) < 4.78 is 0. The van der Waals surface area contributed by atoms with E-state index in [1.807, 2.05) is 0 Å². The van der Waals surface area contributed by atoms with Gasteiger partial charge in [0, 0.05) is 0 Å². The molecule has 2 heteroatoms. The van der Waals surface area contributed by atoms with Gasteiger partial charge in [-0.25, -0.2) is 0 Å². The molecule has 1 radical (unpaired) electrons. The van der Waals surface area contributed by atoms with Crippen molar-refractivity contribution in [2.45, 2.75) is 0 Å². The van der Waals surface area contributed by atoms with E-state index in [9.17, 15) is 0 Å². The van der Waals surface area contributed by atoms with Crippen LogP contribution in [0.2, 0.25) is 0 Å². The summed E-state index contributed by atoms with van der Waals surface area (Å²) in [5.41, 5.74) is 0. The van der Waals surface area contributed by atoms with Crippen LogP contribution >= 0.6 is 0 Å². The fraction of sp³-hybridized carbons (Fsp3) is 0. The van der Waals surface area contributed by atoms with Crippen molar-refractivity contribution < 1.29 is 0 Å². The predicted molar refractivity (Wildman–Crippen MR) is 14.1 cm³/mol. The van der Waals surface area contributed by atoms with Gasteiger partial charge in [0.15, 0.2) is 0 Å². The van der Waals surface area contributed by atoms with Crippen LogP contribution in [-0.2, 0) is 0 Å². The van der Waals surface area contributed by atoms with E-state index >= 15 is 0 Å². The van der Waals surface area contributed by atoms with Crippen molar-refractivity contribution in [2.75, 3.05) is 0 Å². The molecule has 0 aromatic carbocycles. The molecule has 0 rings (SSSR count). The van der Waals surface area contributed by atoms with Crippen LogP contribution in [0.5, 0.6) is 0 Å². The first-order valence-electron chi connectivity index (χ1n) is 0.705. The van der Waals surface area contributed by atoms with E-state index in [-0.39, 0.29) is 0 Å². The standard InChI is InChI=1S/C2HN2/c1-4-2-3/h1H. The van der Waals surface area contributed by atoms with Gasteiger partial charge in [-0.3, -0.25) is 0 Å². The summed E-state index contributed by atoms with van der Waals surface area (Å²) in [4.78, 5) is 2.54. The lowest BCUT2D eigenvalue weighted by atomic mass is 11.4. The molecule has 0 aliphatic carbocycles. The molecule has 2 nitrogen and oxygen atoms in total. The summed E-state index contributed by atoms with van der Waals surface area (Å²) in [5, 5.41) is 7.33. The second kappa shape index (κ2) is 2.16. The highest BCUT2D eigenvalue weighted by Gasteiger charge is 1.33. The van der Waals surface area contributed by atoms with Crippen LogP contribution in [0.3, 0.4) is 0 Å². The SMILES string of the molecule is [CH]=NC#N. The summed E-state index contributed by atoms with van der Waals surface area (Å²) in [5.74, 6) is 0. The Labute approximate surface area is 24.4 Å². The molecule has 0 aromatic heterocycles. The average Bonchev–Trinajstić information content (AvgIpc) is 1.37. The lowest BCUT2D eigenvalue weighted by molar-refractivity contribution is 1.46. The minimum absolute atomic E-state index is 1.33. The van der Waals surface area contributed by atoms with E-state index in [0.717, 1.165) is 0 Å². The lowest BCUT2D eigenvalue weighted by Crippen LogP contribution is -1.28. The number of nitrogens with zero attached hydrogens (tertiary/aromatic N) is 2. The molecular formula is C2HN2. The maximum Gasteiger partial charge on any atom is 0.205 e. The van der Waals surface area contributed by atoms with Crippen molar-refractivity contribution in [1.29, 1.82) is 5.26 Å². The second-order valence-corrected chi connectivity index (χ2v) is 0.229. The van der Waals surface area contributed by atoms with E-state index in [1.165, 1.54) is 6.19 Å². The Balaban J connectivity index is 2.92. The van der Waals surface area contributed by atoms with Gasteiger partial charge < -0.3 is 0 Å². The largest absolute Gasteiger partial charge is 0.205 e. The summed E-state index contributed by atoms with van der Waals surface area (Å²) >= 11 is 0. The molecule has 0 fully saturated rings. The molecule has 0 bridgehead atoms. The van der Waals surface area contributed by atoms with E-state index < -0.39 is 0 Å². The maximum absolute atomic E-state index is 7.33. The monoisotopic (exact) mass is 53.0 g/mol. The third-order valence-electron chi connectivity index (χ3n) is 0.0577. The van der Waals surface area contributed by atoms with Crippen molar-refractivity contribution >= 4 is 6.72 Å². The van der Waals surface area contributed by atoms with Crippen molar-refractivity contribution in [3.05, 3.63) is 0 Å². The first kappa shape index (κ1) is 3.16. The van der Waals surface area contributed by atoms with Crippen LogP contribution in [0.15, 0.2) is 4.99 Å².